The molecule has 0 spiro atoms. The number of hydrogen-bond acceptors (Lipinski definition) is 9. The number of aromatic nitrogens is 4. The van der Waals surface area contributed by atoms with E-state index in [9.17, 15) is 18.0 Å². The molecule has 2 aromatic rings. The highest BCUT2D eigenvalue weighted by atomic mass is 32.2. The smallest absolute Gasteiger partial charge is 0.328 e. The molecule has 1 aliphatic heterocycles. The molecular formula is C16H20N6O6S. The molecular weight excluding hydrogens is 404 g/mol. The van der Waals surface area contributed by atoms with E-state index >= 15 is 0 Å². The van der Waals surface area contributed by atoms with Crippen molar-refractivity contribution >= 4 is 27.6 Å². The predicted octanol–water partition coefficient (Wildman–Crippen LogP) is -0.736. The fraction of sp³-hybridized carbons (Fsp3) is 0.438. The molecule has 12 nitrogen and oxygen atoms in total. The number of ether oxygens (including phenoxy) is 2. The molecule has 156 valence electrons. The zero-order chi connectivity index (χ0) is 20.9. The van der Waals surface area contributed by atoms with Gasteiger partial charge in [0, 0.05) is 18.8 Å². The van der Waals surface area contributed by atoms with Crippen molar-refractivity contribution in [3.63, 3.8) is 0 Å². The minimum absolute atomic E-state index is 0.123. The van der Waals surface area contributed by atoms with Crippen LogP contribution in [0, 0.1) is 0 Å². The van der Waals surface area contributed by atoms with Crippen molar-refractivity contribution in [3.8, 4) is 0 Å². The fourth-order valence-electron chi connectivity index (χ4n) is 2.56. The Morgan fingerprint density at radius 3 is 2.55 bits per heavy atom. The van der Waals surface area contributed by atoms with Crippen molar-refractivity contribution in [1.82, 2.24) is 24.5 Å². The van der Waals surface area contributed by atoms with E-state index in [2.05, 4.69) is 20.8 Å². The summed E-state index contributed by atoms with van der Waals surface area (Å²) >= 11 is 0. The molecule has 1 aromatic heterocycles. The second kappa shape index (κ2) is 9.07. The summed E-state index contributed by atoms with van der Waals surface area (Å²) in [5.74, 6) is -1.23. The lowest BCUT2D eigenvalue weighted by atomic mass is 10.3. The number of benzene rings is 1. The number of carbonyl (C=O) groups is 2. The summed E-state index contributed by atoms with van der Waals surface area (Å²) in [6, 6.07) is 5.77. The van der Waals surface area contributed by atoms with Crippen LogP contribution >= 0.6 is 0 Å². The maximum Gasteiger partial charge on any atom is 0.328 e. The zero-order valence-electron chi connectivity index (χ0n) is 15.6. The third-order valence-corrected chi connectivity index (χ3v) is 6.00. The molecule has 1 saturated heterocycles. The van der Waals surface area contributed by atoms with Gasteiger partial charge in [-0.1, -0.05) is 0 Å². The van der Waals surface area contributed by atoms with Crippen LogP contribution in [0.4, 0.5) is 5.69 Å². The summed E-state index contributed by atoms with van der Waals surface area (Å²) in [5.41, 5.74) is 0.374. The van der Waals surface area contributed by atoms with E-state index in [0.717, 1.165) is 0 Å². The first-order valence-electron chi connectivity index (χ1n) is 8.75. The number of hydrogen-bond donors (Lipinski definition) is 1. The Balaban J connectivity index is 1.55. The van der Waals surface area contributed by atoms with Gasteiger partial charge in [-0.3, -0.25) is 9.59 Å². The van der Waals surface area contributed by atoms with Crippen LogP contribution in [-0.2, 0) is 35.6 Å². The normalized spacial score (nSPS) is 16.2. The zero-order valence-corrected chi connectivity index (χ0v) is 16.4. The molecule has 0 saturated carbocycles. The molecule has 0 radical (unpaired) electrons. The summed E-state index contributed by atoms with van der Waals surface area (Å²) < 4.78 is 37.9. The molecule has 3 rings (SSSR count). The molecule has 1 aromatic carbocycles. The van der Waals surface area contributed by atoms with Crippen LogP contribution in [0.1, 0.15) is 6.92 Å². The van der Waals surface area contributed by atoms with Gasteiger partial charge in [0.15, 0.2) is 6.10 Å². The Morgan fingerprint density at radius 1 is 1.24 bits per heavy atom. The predicted molar refractivity (Wildman–Crippen MR) is 98.0 cm³/mol. The number of anilines is 1. The van der Waals surface area contributed by atoms with Crippen molar-refractivity contribution in [2.45, 2.75) is 24.5 Å². The lowest BCUT2D eigenvalue weighted by Gasteiger charge is -2.26. The molecule has 1 aliphatic rings. The van der Waals surface area contributed by atoms with Gasteiger partial charge >= 0.3 is 5.97 Å². The largest absolute Gasteiger partial charge is 0.451 e. The molecule has 0 aliphatic carbocycles. The number of sulfonamides is 1. The molecule has 1 amide bonds. The van der Waals surface area contributed by atoms with Crippen molar-refractivity contribution in [2.24, 2.45) is 0 Å². The number of nitrogens with one attached hydrogen (secondary N) is 1. The Morgan fingerprint density at radius 2 is 1.93 bits per heavy atom. The Kier molecular flexibility index (Phi) is 6.51. The molecule has 0 bridgehead atoms. The van der Waals surface area contributed by atoms with Gasteiger partial charge in [-0.15, -0.1) is 5.10 Å². The summed E-state index contributed by atoms with van der Waals surface area (Å²) in [6.07, 6.45) is 0.189. The van der Waals surface area contributed by atoms with Crippen LogP contribution < -0.4 is 5.32 Å². The molecule has 13 heteroatoms. The van der Waals surface area contributed by atoms with E-state index in [1.54, 1.807) is 0 Å². The van der Waals surface area contributed by atoms with Gasteiger partial charge in [-0.05, 0) is 41.6 Å². The van der Waals surface area contributed by atoms with Crippen molar-refractivity contribution < 1.29 is 27.5 Å². The molecule has 1 N–H and O–H groups in total. The van der Waals surface area contributed by atoms with Gasteiger partial charge in [-0.25, -0.2) is 13.1 Å². The number of carbonyl (C=O) groups excluding carboxylic acids is 2. The van der Waals surface area contributed by atoms with Gasteiger partial charge in [0.05, 0.1) is 18.1 Å². The van der Waals surface area contributed by atoms with Gasteiger partial charge in [-0.2, -0.15) is 4.31 Å². The maximum absolute atomic E-state index is 12.6. The van der Waals surface area contributed by atoms with Crippen LogP contribution in [-0.4, -0.2) is 77.2 Å². The average molecular weight is 424 g/mol. The van der Waals surface area contributed by atoms with Crippen LogP contribution in [0.3, 0.4) is 0 Å². The summed E-state index contributed by atoms with van der Waals surface area (Å²) in [6.45, 7) is 2.51. The average Bonchev–Trinajstić information content (AvgIpc) is 3.22. The number of nitrogens with zero attached hydrogens (tertiary/aromatic N) is 5. The first-order chi connectivity index (χ1) is 13.9. The Bertz CT molecular complexity index is 941. The molecule has 29 heavy (non-hydrogen) atoms. The maximum atomic E-state index is 12.6. The summed E-state index contributed by atoms with van der Waals surface area (Å²) in [5, 5.41) is 12.9. The molecule has 1 fully saturated rings. The highest BCUT2D eigenvalue weighted by Gasteiger charge is 2.26. The van der Waals surface area contributed by atoms with Crippen LogP contribution in [0.25, 0.3) is 0 Å². The highest BCUT2D eigenvalue weighted by Crippen LogP contribution is 2.19. The van der Waals surface area contributed by atoms with Crippen LogP contribution in [0.15, 0.2) is 35.5 Å². The molecule has 1 unspecified atom stereocenters. The molecule has 2 heterocycles. The van der Waals surface area contributed by atoms with E-state index in [0.29, 0.717) is 32.0 Å². The number of morpholine rings is 1. The topological polar surface area (TPSA) is 146 Å². The first kappa shape index (κ1) is 20.8. The fourth-order valence-corrected chi connectivity index (χ4v) is 3.97. The van der Waals surface area contributed by atoms with Gasteiger partial charge in [0.2, 0.25) is 10.0 Å². The highest BCUT2D eigenvalue weighted by molar-refractivity contribution is 7.89. The van der Waals surface area contributed by atoms with E-state index in [1.165, 1.54) is 46.5 Å². The Hall–Kier alpha value is -2.90. The number of amides is 1. The van der Waals surface area contributed by atoms with Gasteiger partial charge < -0.3 is 14.8 Å². The van der Waals surface area contributed by atoms with Crippen molar-refractivity contribution in [2.75, 3.05) is 31.6 Å². The number of tetrazole rings is 1. The lowest BCUT2D eigenvalue weighted by Crippen LogP contribution is -2.40. The second-order valence-electron chi connectivity index (χ2n) is 6.17. The monoisotopic (exact) mass is 424 g/mol. The number of rotatable bonds is 7. The summed E-state index contributed by atoms with van der Waals surface area (Å²) in [7, 11) is -3.61. The van der Waals surface area contributed by atoms with Gasteiger partial charge in [0.25, 0.3) is 5.91 Å². The SMILES string of the molecule is CC(OC(=O)Cn1cnnn1)C(=O)Nc1ccc(S(=O)(=O)N2CCOCC2)cc1. The first-order valence-corrected chi connectivity index (χ1v) is 10.2. The minimum atomic E-state index is -3.61. The Labute approximate surface area is 166 Å². The van der Waals surface area contributed by atoms with Crippen LogP contribution in [0.2, 0.25) is 0 Å². The van der Waals surface area contributed by atoms with Crippen molar-refractivity contribution in [3.05, 3.63) is 30.6 Å². The van der Waals surface area contributed by atoms with E-state index in [4.69, 9.17) is 9.47 Å². The third kappa shape index (κ3) is 5.34. The quantitative estimate of drug-likeness (QED) is 0.568. The minimum Gasteiger partial charge on any atom is -0.451 e. The van der Waals surface area contributed by atoms with E-state index in [1.807, 2.05) is 0 Å². The third-order valence-electron chi connectivity index (χ3n) is 4.09. The van der Waals surface area contributed by atoms with Gasteiger partial charge in [0.1, 0.15) is 12.9 Å². The van der Waals surface area contributed by atoms with Crippen molar-refractivity contribution in [1.29, 1.82) is 0 Å². The van der Waals surface area contributed by atoms with E-state index in [-0.39, 0.29) is 11.4 Å². The lowest BCUT2D eigenvalue weighted by molar-refractivity contribution is -0.153. The van der Waals surface area contributed by atoms with Crippen LogP contribution in [0.5, 0.6) is 0 Å². The number of esters is 1. The van der Waals surface area contributed by atoms with E-state index < -0.39 is 28.0 Å². The standard InChI is InChI=1S/C16H20N6O6S/c1-12(28-15(23)10-21-11-17-19-20-21)16(24)18-13-2-4-14(5-3-13)29(25,26)22-6-8-27-9-7-22/h2-5,11-12H,6-10H2,1H3,(H,18,24). The molecule has 1 atom stereocenters. The second-order valence-corrected chi connectivity index (χ2v) is 8.11. The summed E-state index contributed by atoms with van der Waals surface area (Å²) in [4.78, 5) is 24.1.